The average molecular weight is 261 g/mol. The summed E-state index contributed by atoms with van der Waals surface area (Å²) >= 11 is 11.9. The summed E-state index contributed by atoms with van der Waals surface area (Å²) in [7, 11) is 0. The van der Waals surface area contributed by atoms with Crippen molar-refractivity contribution in [2.75, 3.05) is 31.6 Å². The van der Waals surface area contributed by atoms with Crippen molar-refractivity contribution in [3.63, 3.8) is 0 Å². The van der Waals surface area contributed by atoms with Gasteiger partial charge in [0.05, 0.1) is 23.9 Å². The molecule has 0 radical (unpaired) electrons. The van der Waals surface area contributed by atoms with Gasteiger partial charge in [0.15, 0.2) is 0 Å². The van der Waals surface area contributed by atoms with Gasteiger partial charge in [0.1, 0.15) is 0 Å². The highest BCUT2D eigenvalue weighted by Gasteiger charge is 2.37. The van der Waals surface area contributed by atoms with E-state index in [-0.39, 0.29) is 5.41 Å². The molecule has 1 aromatic rings. The maximum Gasteiger partial charge on any atom is 0.0652 e. The van der Waals surface area contributed by atoms with E-state index in [2.05, 4.69) is 5.32 Å². The van der Waals surface area contributed by atoms with Gasteiger partial charge in [-0.2, -0.15) is 0 Å². The van der Waals surface area contributed by atoms with E-state index in [0.717, 1.165) is 12.2 Å². The Hall–Kier alpha value is -0.480. The van der Waals surface area contributed by atoms with Crippen LogP contribution in [0.4, 0.5) is 5.69 Å². The van der Waals surface area contributed by atoms with Crippen molar-refractivity contribution in [3.05, 3.63) is 28.2 Å². The maximum atomic E-state index is 6.05. The molecule has 16 heavy (non-hydrogen) atoms. The van der Waals surface area contributed by atoms with Crippen LogP contribution < -0.4 is 11.1 Å². The van der Waals surface area contributed by atoms with Gasteiger partial charge in [0.25, 0.3) is 0 Å². The van der Waals surface area contributed by atoms with Gasteiger partial charge >= 0.3 is 0 Å². The van der Waals surface area contributed by atoms with Gasteiger partial charge in [-0.1, -0.05) is 23.2 Å². The van der Waals surface area contributed by atoms with E-state index in [1.807, 2.05) is 12.1 Å². The second-order valence-corrected chi connectivity index (χ2v) is 5.02. The molecule has 1 aliphatic heterocycles. The molecular formula is C11H14Cl2N2O. The fraction of sp³-hybridized carbons (Fsp3) is 0.455. The molecule has 1 heterocycles. The van der Waals surface area contributed by atoms with E-state index in [1.54, 1.807) is 6.07 Å². The van der Waals surface area contributed by atoms with Crippen LogP contribution in [0.3, 0.4) is 0 Å². The molecule has 0 atom stereocenters. The first-order valence-electron chi connectivity index (χ1n) is 5.12. The third kappa shape index (κ3) is 2.43. The van der Waals surface area contributed by atoms with Crippen LogP contribution in [0.2, 0.25) is 10.0 Å². The van der Waals surface area contributed by atoms with Crippen molar-refractivity contribution >= 4 is 28.9 Å². The topological polar surface area (TPSA) is 47.3 Å². The number of halogens is 2. The third-order valence-electron chi connectivity index (χ3n) is 2.83. The molecular weight excluding hydrogens is 247 g/mol. The van der Waals surface area contributed by atoms with Crippen LogP contribution in [0, 0.1) is 5.41 Å². The summed E-state index contributed by atoms with van der Waals surface area (Å²) in [4.78, 5) is 0. The van der Waals surface area contributed by atoms with Crippen LogP contribution in [0.1, 0.15) is 0 Å². The first-order chi connectivity index (χ1) is 7.65. The molecule has 0 bridgehead atoms. The predicted octanol–water partition coefficient (Wildman–Crippen LogP) is 2.38. The van der Waals surface area contributed by atoms with Gasteiger partial charge in [-0.05, 0) is 18.2 Å². The Morgan fingerprint density at radius 3 is 2.62 bits per heavy atom. The minimum Gasteiger partial charge on any atom is -0.383 e. The first-order valence-corrected chi connectivity index (χ1v) is 5.88. The molecule has 0 aliphatic carbocycles. The molecule has 1 saturated heterocycles. The number of hydrogen-bond donors (Lipinski definition) is 2. The number of nitrogens with one attached hydrogen (secondary N) is 1. The quantitative estimate of drug-likeness (QED) is 0.874. The van der Waals surface area contributed by atoms with Gasteiger partial charge < -0.3 is 15.8 Å². The van der Waals surface area contributed by atoms with Crippen LogP contribution in [-0.2, 0) is 4.74 Å². The monoisotopic (exact) mass is 260 g/mol. The van der Waals surface area contributed by atoms with E-state index in [1.165, 1.54) is 0 Å². The number of anilines is 1. The number of ether oxygens (including phenoxy) is 1. The highest BCUT2D eigenvalue weighted by atomic mass is 35.5. The van der Waals surface area contributed by atoms with E-state index >= 15 is 0 Å². The van der Waals surface area contributed by atoms with E-state index in [0.29, 0.717) is 29.8 Å². The van der Waals surface area contributed by atoms with Crippen molar-refractivity contribution in [1.82, 2.24) is 0 Å². The molecule has 0 amide bonds. The minimum atomic E-state index is 0.0585. The fourth-order valence-electron chi connectivity index (χ4n) is 1.60. The molecule has 1 aliphatic rings. The zero-order valence-corrected chi connectivity index (χ0v) is 10.3. The Morgan fingerprint density at radius 2 is 2.12 bits per heavy atom. The normalized spacial score (nSPS) is 17.9. The Morgan fingerprint density at radius 1 is 1.38 bits per heavy atom. The summed E-state index contributed by atoms with van der Waals surface area (Å²) in [5.41, 5.74) is 6.66. The number of rotatable bonds is 4. The van der Waals surface area contributed by atoms with E-state index in [4.69, 9.17) is 33.7 Å². The summed E-state index contributed by atoms with van der Waals surface area (Å²) in [6.45, 7) is 2.81. The Bertz CT molecular complexity index is 375. The Balaban J connectivity index is 1.99. The van der Waals surface area contributed by atoms with Gasteiger partial charge in [-0.3, -0.25) is 0 Å². The lowest BCUT2D eigenvalue weighted by Crippen LogP contribution is -2.52. The van der Waals surface area contributed by atoms with Crippen LogP contribution in [0.25, 0.3) is 0 Å². The Labute approximate surface area is 105 Å². The standard InChI is InChI=1S/C11H14Cl2N2O/c12-8-1-2-10(9(13)3-8)15-5-11(4-14)6-16-7-11/h1-3,15H,4-7,14H2. The first kappa shape index (κ1) is 12.0. The molecule has 0 spiro atoms. The average Bonchev–Trinajstić information content (AvgIpc) is 2.19. The predicted molar refractivity (Wildman–Crippen MR) is 67.3 cm³/mol. The summed E-state index contributed by atoms with van der Waals surface area (Å²) in [6.07, 6.45) is 0. The van der Waals surface area contributed by atoms with Crippen LogP contribution >= 0.6 is 23.2 Å². The molecule has 0 saturated carbocycles. The molecule has 88 valence electrons. The second kappa shape index (κ2) is 4.80. The third-order valence-corrected chi connectivity index (χ3v) is 3.38. The largest absolute Gasteiger partial charge is 0.383 e. The van der Waals surface area contributed by atoms with Crippen molar-refractivity contribution in [2.45, 2.75) is 0 Å². The lowest BCUT2D eigenvalue weighted by Gasteiger charge is -2.40. The van der Waals surface area contributed by atoms with Crippen molar-refractivity contribution < 1.29 is 4.74 Å². The second-order valence-electron chi connectivity index (χ2n) is 4.17. The summed E-state index contributed by atoms with van der Waals surface area (Å²) in [6, 6.07) is 5.40. The molecule has 3 nitrogen and oxygen atoms in total. The van der Waals surface area contributed by atoms with Gasteiger partial charge in [-0.15, -0.1) is 0 Å². The zero-order chi connectivity index (χ0) is 11.6. The van der Waals surface area contributed by atoms with Crippen molar-refractivity contribution in [1.29, 1.82) is 0 Å². The van der Waals surface area contributed by atoms with Crippen LogP contribution in [0.5, 0.6) is 0 Å². The van der Waals surface area contributed by atoms with Crippen LogP contribution in [0.15, 0.2) is 18.2 Å². The smallest absolute Gasteiger partial charge is 0.0652 e. The van der Waals surface area contributed by atoms with E-state index < -0.39 is 0 Å². The highest BCUT2D eigenvalue weighted by molar-refractivity contribution is 6.36. The maximum absolute atomic E-state index is 6.05. The lowest BCUT2D eigenvalue weighted by atomic mass is 9.86. The van der Waals surface area contributed by atoms with Gasteiger partial charge in [0.2, 0.25) is 0 Å². The van der Waals surface area contributed by atoms with E-state index in [9.17, 15) is 0 Å². The summed E-state index contributed by atoms with van der Waals surface area (Å²) < 4.78 is 5.19. The summed E-state index contributed by atoms with van der Waals surface area (Å²) in [5.74, 6) is 0. The Kier molecular flexibility index (Phi) is 3.60. The minimum absolute atomic E-state index is 0.0585. The van der Waals surface area contributed by atoms with Gasteiger partial charge in [0, 0.05) is 23.5 Å². The number of hydrogen-bond acceptors (Lipinski definition) is 3. The highest BCUT2D eigenvalue weighted by Crippen LogP contribution is 2.29. The molecule has 1 fully saturated rings. The zero-order valence-electron chi connectivity index (χ0n) is 8.80. The molecule has 1 aromatic carbocycles. The van der Waals surface area contributed by atoms with Crippen molar-refractivity contribution in [2.24, 2.45) is 11.1 Å². The molecule has 0 unspecified atom stereocenters. The molecule has 0 aromatic heterocycles. The number of benzene rings is 1. The number of nitrogens with two attached hydrogens (primary N) is 1. The summed E-state index contributed by atoms with van der Waals surface area (Å²) in [5, 5.41) is 4.54. The molecule has 2 rings (SSSR count). The van der Waals surface area contributed by atoms with Gasteiger partial charge in [-0.25, -0.2) is 0 Å². The molecule has 5 heteroatoms. The molecule has 3 N–H and O–H groups in total. The van der Waals surface area contributed by atoms with Crippen molar-refractivity contribution in [3.8, 4) is 0 Å². The SMILES string of the molecule is NCC1(CNc2ccc(Cl)cc2Cl)COC1. The fourth-order valence-corrected chi connectivity index (χ4v) is 2.07. The lowest BCUT2D eigenvalue weighted by molar-refractivity contribution is -0.0979. The van der Waals surface area contributed by atoms with Crippen LogP contribution in [-0.4, -0.2) is 26.3 Å².